The summed E-state index contributed by atoms with van der Waals surface area (Å²) in [6, 6.07) is 15.8. The van der Waals surface area contributed by atoms with Crippen LogP contribution in [0.15, 0.2) is 71.6 Å². The minimum absolute atomic E-state index is 0.00683. The minimum Gasteiger partial charge on any atom is -0.481 e. The Morgan fingerprint density at radius 2 is 1.71 bits per heavy atom. The Hall–Kier alpha value is -3.30. The molecular formula is C22H19F2NO5S. The fraction of sp³-hybridized carbons (Fsp3) is 0.136. The zero-order valence-corrected chi connectivity index (χ0v) is 17.3. The monoisotopic (exact) mass is 447 g/mol. The summed E-state index contributed by atoms with van der Waals surface area (Å²) >= 11 is 0. The van der Waals surface area contributed by atoms with Crippen molar-refractivity contribution in [2.24, 2.45) is 0 Å². The summed E-state index contributed by atoms with van der Waals surface area (Å²) in [6.45, 7) is -0.634. The molecule has 3 aromatic carbocycles. The molecule has 0 bridgehead atoms. The van der Waals surface area contributed by atoms with Gasteiger partial charge in [0.2, 0.25) is 10.0 Å². The average molecular weight is 447 g/mol. The maximum Gasteiger partial charge on any atom is 0.341 e. The zero-order valence-electron chi connectivity index (χ0n) is 16.5. The molecule has 0 amide bonds. The highest BCUT2D eigenvalue weighted by molar-refractivity contribution is 7.89. The van der Waals surface area contributed by atoms with Crippen LogP contribution in [-0.4, -0.2) is 37.5 Å². The van der Waals surface area contributed by atoms with E-state index in [1.54, 1.807) is 30.3 Å². The number of carbonyl (C=O) groups is 1. The van der Waals surface area contributed by atoms with Gasteiger partial charge in [-0.3, -0.25) is 0 Å². The smallest absolute Gasteiger partial charge is 0.341 e. The molecule has 0 aliphatic carbocycles. The van der Waals surface area contributed by atoms with E-state index in [2.05, 4.69) is 0 Å². The Labute approximate surface area is 178 Å². The summed E-state index contributed by atoms with van der Waals surface area (Å²) in [4.78, 5) is 11.0. The van der Waals surface area contributed by atoms with Gasteiger partial charge in [0.25, 0.3) is 0 Å². The molecule has 162 valence electrons. The molecule has 3 aromatic rings. The second-order valence-electron chi connectivity index (χ2n) is 6.72. The van der Waals surface area contributed by atoms with E-state index in [-0.39, 0.29) is 22.8 Å². The van der Waals surface area contributed by atoms with Crippen molar-refractivity contribution < 1.29 is 31.8 Å². The van der Waals surface area contributed by atoms with Gasteiger partial charge < -0.3 is 9.84 Å². The van der Waals surface area contributed by atoms with E-state index < -0.39 is 34.2 Å². The van der Waals surface area contributed by atoms with Crippen LogP contribution in [0.5, 0.6) is 5.75 Å². The molecule has 0 unspecified atom stereocenters. The average Bonchev–Trinajstić information content (AvgIpc) is 2.75. The van der Waals surface area contributed by atoms with Crippen molar-refractivity contribution in [2.45, 2.75) is 11.4 Å². The van der Waals surface area contributed by atoms with Crippen LogP contribution in [0.25, 0.3) is 11.1 Å². The molecule has 0 saturated carbocycles. The molecule has 1 N–H and O–H groups in total. The van der Waals surface area contributed by atoms with E-state index in [0.29, 0.717) is 11.1 Å². The van der Waals surface area contributed by atoms with E-state index in [0.717, 1.165) is 16.4 Å². The van der Waals surface area contributed by atoms with Gasteiger partial charge in [-0.2, -0.15) is 4.31 Å². The van der Waals surface area contributed by atoms with Crippen molar-refractivity contribution in [3.8, 4) is 16.9 Å². The normalized spacial score (nSPS) is 11.5. The van der Waals surface area contributed by atoms with Crippen molar-refractivity contribution in [2.75, 3.05) is 13.7 Å². The lowest BCUT2D eigenvalue weighted by molar-refractivity contribution is -0.139. The number of hydrogen-bond acceptors (Lipinski definition) is 4. The second-order valence-corrected chi connectivity index (χ2v) is 8.76. The third-order valence-electron chi connectivity index (χ3n) is 4.48. The first-order valence-corrected chi connectivity index (χ1v) is 10.6. The summed E-state index contributed by atoms with van der Waals surface area (Å²) < 4.78 is 59.1. The number of sulfonamides is 1. The van der Waals surface area contributed by atoms with Gasteiger partial charge in [0.1, 0.15) is 5.75 Å². The van der Waals surface area contributed by atoms with E-state index >= 15 is 0 Å². The summed E-state index contributed by atoms with van der Waals surface area (Å²) in [5.41, 5.74) is 1.11. The molecule has 0 aromatic heterocycles. The Kier molecular flexibility index (Phi) is 6.67. The number of nitrogens with zero attached hydrogens (tertiary/aromatic N) is 1. The van der Waals surface area contributed by atoms with Gasteiger partial charge in [0.05, 0.1) is 4.90 Å². The van der Waals surface area contributed by atoms with Crippen LogP contribution < -0.4 is 4.74 Å². The van der Waals surface area contributed by atoms with Crippen molar-refractivity contribution >= 4 is 16.0 Å². The number of halogens is 2. The summed E-state index contributed by atoms with van der Waals surface area (Å²) in [6.07, 6.45) is 0. The number of benzene rings is 3. The first-order chi connectivity index (χ1) is 14.7. The number of ether oxygens (including phenoxy) is 1. The molecule has 6 nitrogen and oxygen atoms in total. The van der Waals surface area contributed by atoms with Gasteiger partial charge in [-0.15, -0.1) is 0 Å². The molecule has 0 saturated heterocycles. The van der Waals surface area contributed by atoms with Gasteiger partial charge >= 0.3 is 5.97 Å². The van der Waals surface area contributed by atoms with Gasteiger partial charge in [-0.1, -0.05) is 30.3 Å². The lowest BCUT2D eigenvalue weighted by Crippen LogP contribution is -2.26. The maximum absolute atomic E-state index is 13.8. The molecule has 9 heteroatoms. The largest absolute Gasteiger partial charge is 0.481 e. The lowest BCUT2D eigenvalue weighted by atomic mass is 10.0. The van der Waals surface area contributed by atoms with Crippen LogP contribution >= 0.6 is 0 Å². The zero-order chi connectivity index (χ0) is 22.6. The van der Waals surface area contributed by atoms with Crippen molar-refractivity contribution in [3.05, 3.63) is 83.9 Å². The molecule has 0 aliphatic heterocycles. The van der Waals surface area contributed by atoms with Crippen LogP contribution in [0.2, 0.25) is 0 Å². The molecule has 0 heterocycles. The van der Waals surface area contributed by atoms with Gasteiger partial charge in [0.15, 0.2) is 18.2 Å². The maximum atomic E-state index is 13.8. The number of aliphatic carboxylic acids is 1. The van der Waals surface area contributed by atoms with Gasteiger partial charge in [0, 0.05) is 19.2 Å². The topological polar surface area (TPSA) is 83.9 Å². The Balaban J connectivity index is 1.96. The molecule has 0 spiro atoms. The highest BCUT2D eigenvalue weighted by atomic mass is 32.2. The van der Waals surface area contributed by atoms with Crippen LogP contribution in [-0.2, 0) is 21.4 Å². The molecule has 0 aliphatic rings. The Bertz CT molecular complexity index is 1200. The molecule has 0 fully saturated rings. The Morgan fingerprint density at radius 1 is 1.00 bits per heavy atom. The summed E-state index contributed by atoms with van der Waals surface area (Å²) in [5.74, 6) is -3.16. The summed E-state index contributed by atoms with van der Waals surface area (Å²) in [7, 11) is -2.32. The molecule has 0 radical (unpaired) electrons. The highest BCUT2D eigenvalue weighted by Crippen LogP contribution is 2.33. The van der Waals surface area contributed by atoms with Gasteiger partial charge in [-0.05, 0) is 47.5 Å². The lowest BCUT2D eigenvalue weighted by Gasteiger charge is -2.19. The quantitative estimate of drug-likeness (QED) is 0.566. The molecular weight excluding hydrogens is 428 g/mol. The fourth-order valence-electron chi connectivity index (χ4n) is 2.94. The van der Waals surface area contributed by atoms with E-state index in [9.17, 15) is 22.0 Å². The van der Waals surface area contributed by atoms with Crippen LogP contribution in [0.1, 0.15) is 5.56 Å². The number of rotatable bonds is 8. The van der Waals surface area contributed by atoms with Crippen LogP contribution in [0, 0.1) is 11.6 Å². The predicted octanol–water partition coefficient (Wildman–Crippen LogP) is 3.92. The van der Waals surface area contributed by atoms with Crippen LogP contribution in [0.4, 0.5) is 8.78 Å². The third kappa shape index (κ3) is 5.25. The van der Waals surface area contributed by atoms with E-state index in [4.69, 9.17) is 9.84 Å². The molecule has 31 heavy (non-hydrogen) atoms. The third-order valence-corrected chi connectivity index (χ3v) is 6.30. The SMILES string of the molecule is CN(Cc1ccc(OCC(=O)O)c(-c2ccc(F)c(F)c2)c1)S(=O)(=O)c1ccccc1. The standard InChI is InChI=1S/C22H19F2NO5S/c1-25(31(28,29)17-5-3-2-4-6-17)13-15-7-10-21(30-14-22(26)27)18(11-15)16-8-9-19(23)20(24)12-16/h2-12H,13-14H2,1H3,(H,26,27). The summed E-state index contributed by atoms with van der Waals surface area (Å²) in [5, 5.41) is 8.88. The fourth-order valence-corrected chi connectivity index (χ4v) is 4.12. The van der Waals surface area contributed by atoms with E-state index in [1.807, 2.05) is 0 Å². The minimum atomic E-state index is -3.74. The molecule has 0 atom stereocenters. The van der Waals surface area contributed by atoms with Crippen molar-refractivity contribution in [1.82, 2.24) is 4.31 Å². The predicted molar refractivity (Wildman–Crippen MR) is 110 cm³/mol. The number of carboxylic acid groups (broad SMARTS) is 1. The first-order valence-electron chi connectivity index (χ1n) is 9.13. The second kappa shape index (κ2) is 9.23. The number of carboxylic acids is 1. The van der Waals surface area contributed by atoms with Crippen LogP contribution in [0.3, 0.4) is 0 Å². The first kappa shape index (κ1) is 22.4. The van der Waals surface area contributed by atoms with Crippen molar-refractivity contribution in [1.29, 1.82) is 0 Å². The van der Waals surface area contributed by atoms with Crippen molar-refractivity contribution in [3.63, 3.8) is 0 Å². The number of hydrogen-bond donors (Lipinski definition) is 1. The Morgan fingerprint density at radius 3 is 2.35 bits per heavy atom. The van der Waals surface area contributed by atoms with Gasteiger partial charge in [-0.25, -0.2) is 22.0 Å². The van der Waals surface area contributed by atoms with E-state index in [1.165, 1.54) is 31.3 Å². The molecule has 3 rings (SSSR count). The highest BCUT2D eigenvalue weighted by Gasteiger charge is 2.21.